The van der Waals surface area contributed by atoms with Crippen molar-refractivity contribution in [1.29, 1.82) is 0 Å². The molecular weight excluding hydrogens is 438 g/mol. The molecule has 0 spiro atoms. The molecule has 4 nitrogen and oxygen atoms in total. The summed E-state index contributed by atoms with van der Waals surface area (Å²) in [5.41, 5.74) is 13.3. The van der Waals surface area contributed by atoms with Crippen LogP contribution in [-0.2, 0) is 4.79 Å². The minimum Gasteiger partial charge on any atom is -0.318 e. The number of thioether (sulfide) groups is 1. The maximum Gasteiger partial charge on any atom is 0.250 e. The van der Waals surface area contributed by atoms with E-state index in [2.05, 4.69) is 115 Å². The Morgan fingerprint density at radius 3 is 2.21 bits per heavy atom. The lowest BCUT2D eigenvalue weighted by molar-refractivity contribution is -0.118. The van der Waals surface area contributed by atoms with Crippen molar-refractivity contribution < 1.29 is 4.79 Å². The summed E-state index contributed by atoms with van der Waals surface area (Å²) in [5, 5.41) is 4.41. The number of benzene rings is 3. The van der Waals surface area contributed by atoms with Gasteiger partial charge in [0, 0.05) is 22.6 Å². The van der Waals surface area contributed by atoms with Crippen molar-refractivity contribution in [1.82, 2.24) is 9.99 Å². The number of amides is 1. The molecule has 4 aromatic rings. The Balaban J connectivity index is 1.24. The van der Waals surface area contributed by atoms with Gasteiger partial charge in [0.1, 0.15) is 0 Å². The van der Waals surface area contributed by atoms with Crippen LogP contribution in [0.1, 0.15) is 38.9 Å². The summed E-state index contributed by atoms with van der Waals surface area (Å²) in [5.74, 6) is 0.239. The molecule has 0 bridgehead atoms. The van der Waals surface area contributed by atoms with Crippen molar-refractivity contribution in [2.75, 3.05) is 5.75 Å². The first-order valence-electron chi connectivity index (χ1n) is 11.4. The van der Waals surface area contributed by atoms with Crippen LogP contribution in [-0.4, -0.2) is 22.4 Å². The fraction of sp³-hybridized carbons (Fsp3) is 0.172. The predicted molar refractivity (Wildman–Crippen MR) is 142 cm³/mol. The Labute approximate surface area is 204 Å². The maximum atomic E-state index is 12.6. The Bertz CT molecular complexity index is 1340. The largest absolute Gasteiger partial charge is 0.318 e. The van der Waals surface area contributed by atoms with E-state index in [0.717, 1.165) is 22.6 Å². The fourth-order valence-corrected chi connectivity index (χ4v) is 5.82. The van der Waals surface area contributed by atoms with Crippen LogP contribution in [0.5, 0.6) is 0 Å². The second-order valence-electron chi connectivity index (χ2n) is 8.66. The molecule has 1 heterocycles. The van der Waals surface area contributed by atoms with Crippen molar-refractivity contribution in [3.63, 3.8) is 0 Å². The molecular formula is C29H27N3OS. The number of fused-ring (bicyclic) bond motifs is 3. The van der Waals surface area contributed by atoms with Gasteiger partial charge in [0.25, 0.3) is 0 Å². The minimum absolute atomic E-state index is 0.101. The molecule has 0 fully saturated rings. The van der Waals surface area contributed by atoms with Gasteiger partial charge in [-0.2, -0.15) is 5.10 Å². The zero-order valence-electron chi connectivity index (χ0n) is 19.6. The topological polar surface area (TPSA) is 46.4 Å². The number of hydrazone groups is 1. The lowest BCUT2D eigenvalue weighted by Gasteiger charge is -2.12. The van der Waals surface area contributed by atoms with Crippen LogP contribution in [0, 0.1) is 20.8 Å². The van der Waals surface area contributed by atoms with E-state index in [4.69, 9.17) is 0 Å². The fourth-order valence-electron chi connectivity index (χ4n) is 4.66. The van der Waals surface area contributed by atoms with E-state index in [0.29, 0.717) is 5.75 Å². The third-order valence-corrected chi connectivity index (χ3v) is 7.58. The normalized spacial score (nSPS) is 12.7. The number of aryl methyl sites for hydroxylation is 2. The molecule has 1 aliphatic rings. The Kier molecular flexibility index (Phi) is 6.12. The zero-order chi connectivity index (χ0) is 23.7. The van der Waals surface area contributed by atoms with E-state index >= 15 is 0 Å². The second kappa shape index (κ2) is 9.35. The minimum atomic E-state index is -0.101. The number of aromatic nitrogens is 1. The molecule has 0 saturated carbocycles. The van der Waals surface area contributed by atoms with E-state index < -0.39 is 0 Å². The van der Waals surface area contributed by atoms with Gasteiger partial charge in [-0.05, 0) is 61.2 Å². The molecule has 1 N–H and O–H groups in total. The molecule has 3 aromatic carbocycles. The molecule has 0 atom stereocenters. The summed E-state index contributed by atoms with van der Waals surface area (Å²) in [6.07, 6.45) is 1.73. The Morgan fingerprint density at radius 1 is 0.941 bits per heavy atom. The van der Waals surface area contributed by atoms with Crippen molar-refractivity contribution in [2.24, 2.45) is 5.10 Å². The quantitative estimate of drug-likeness (QED) is 0.266. The summed E-state index contributed by atoms with van der Waals surface area (Å²) in [6, 6.07) is 27.5. The molecule has 5 heteroatoms. The number of nitrogens with one attached hydrogen (secondary N) is 1. The van der Waals surface area contributed by atoms with Crippen LogP contribution in [0.2, 0.25) is 0 Å². The highest BCUT2D eigenvalue weighted by Gasteiger charge is 2.28. The first-order chi connectivity index (χ1) is 16.5. The summed E-state index contributed by atoms with van der Waals surface area (Å²) in [6.45, 7) is 6.24. The third-order valence-electron chi connectivity index (χ3n) is 6.31. The van der Waals surface area contributed by atoms with Gasteiger partial charge in [-0.1, -0.05) is 66.2 Å². The summed E-state index contributed by atoms with van der Waals surface area (Å²) >= 11 is 1.64. The van der Waals surface area contributed by atoms with Gasteiger partial charge in [-0.15, -0.1) is 11.8 Å². The number of carbonyl (C=O) groups excluding carboxylic acids is 1. The smallest absolute Gasteiger partial charge is 0.250 e. The molecule has 1 aliphatic carbocycles. The first kappa shape index (κ1) is 22.2. The monoisotopic (exact) mass is 465 g/mol. The van der Waals surface area contributed by atoms with Crippen molar-refractivity contribution >= 4 is 23.9 Å². The summed E-state index contributed by atoms with van der Waals surface area (Å²) in [7, 11) is 0. The highest BCUT2D eigenvalue weighted by Crippen LogP contribution is 2.49. The van der Waals surface area contributed by atoms with Gasteiger partial charge in [-0.25, -0.2) is 5.43 Å². The molecule has 0 aliphatic heterocycles. The maximum absolute atomic E-state index is 12.6. The lowest BCUT2D eigenvalue weighted by Crippen LogP contribution is -2.20. The van der Waals surface area contributed by atoms with Crippen LogP contribution in [0.15, 0.2) is 84.0 Å². The third kappa shape index (κ3) is 4.19. The highest BCUT2D eigenvalue weighted by atomic mass is 32.2. The first-order valence-corrected chi connectivity index (χ1v) is 12.5. The summed E-state index contributed by atoms with van der Waals surface area (Å²) in [4.78, 5) is 12.6. The molecule has 170 valence electrons. The lowest BCUT2D eigenvalue weighted by atomic mass is 10.1. The van der Waals surface area contributed by atoms with Gasteiger partial charge < -0.3 is 4.57 Å². The number of nitrogens with zero attached hydrogens (tertiary/aromatic N) is 2. The van der Waals surface area contributed by atoms with Gasteiger partial charge in [0.15, 0.2) is 0 Å². The molecule has 0 saturated heterocycles. The second-order valence-corrected chi connectivity index (χ2v) is 9.75. The van der Waals surface area contributed by atoms with E-state index in [9.17, 15) is 4.79 Å². The zero-order valence-corrected chi connectivity index (χ0v) is 20.4. The van der Waals surface area contributed by atoms with Crippen LogP contribution < -0.4 is 5.43 Å². The number of carbonyl (C=O) groups is 1. The molecule has 1 amide bonds. The number of hydrogen-bond donors (Lipinski definition) is 1. The van der Waals surface area contributed by atoms with Crippen LogP contribution in [0.3, 0.4) is 0 Å². The molecule has 5 rings (SSSR count). The molecule has 0 radical (unpaired) electrons. The number of rotatable bonds is 6. The molecule has 1 aromatic heterocycles. The van der Waals surface area contributed by atoms with E-state index in [-0.39, 0.29) is 11.2 Å². The van der Waals surface area contributed by atoms with Crippen molar-refractivity contribution in [2.45, 2.75) is 26.0 Å². The SMILES string of the molecule is Cc1ccc(-n2c(C)cc(/C=N\NC(=O)CSC3c4ccccc4-c4ccccc43)c2C)cc1. The van der Waals surface area contributed by atoms with E-state index in [1.165, 1.54) is 27.8 Å². The Hall–Kier alpha value is -3.57. The predicted octanol–water partition coefficient (Wildman–Crippen LogP) is 6.36. The Morgan fingerprint density at radius 2 is 1.56 bits per heavy atom. The van der Waals surface area contributed by atoms with Crippen molar-refractivity contribution in [3.05, 3.63) is 113 Å². The average Bonchev–Trinajstić information content (AvgIpc) is 3.32. The van der Waals surface area contributed by atoms with Gasteiger partial charge in [0.2, 0.25) is 5.91 Å². The average molecular weight is 466 g/mol. The molecule has 0 unspecified atom stereocenters. The van der Waals surface area contributed by atoms with Crippen molar-refractivity contribution in [3.8, 4) is 16.8 Å². The van der Waals surface area contributed by atoms with Gasteiger partial charge >= 0.3 is 0 Å². The van der Waals surface area contributed by atoms with E-state index in [1.54, 1.807) is 18.0 Å². The number of hydrogen-bond acceptors (Lipinski definition) is 3. The van der Waals surface area contributed by atoms with Gasteiger partial charge in [-0.3, -0.25) is 4.79 Å². The highest BCUT2D eigenvalue weighted by molar-refractivity contribution is 8.00. The standard InChI is InChI=1S/C29H27N3OS/c1-19-12-14-23(15-13-19)32-20(2)16-22(21(32)3)17-30-31-28(33)18-34-29-26-10-6-4-8-24(26)25-9-5-7-11-27(25)29/h4-17,29H,18H2,1-3H3,(H,31,33)/b30-17-. The molecule has 34 heavy (non-hydrogen) atoms. The van der Waals surface area contributed by atoms with Crippen LogP contribution >= 0.6 is 11.8 Å². The summed E-state index contributed by atoms with van der Waals surface area (Å²) < 4.78 is 2.20. The van der Waals surface area contributed by atoms with Gasteiger partial charge in [0.05, 0.1) is 17.2 Å². The van der Waals surface area contributed by atoms with Crippen LogP contribution in [0.25, 0.3) is 16.8 Å². The van der Waals surface area contributed by atoms with E-state index in [1.807, 2.05) is 0 Å². The van der Waals surface area contributed by atoms with Crippen LogP contribution in [0.4, 0.5) is 0 Å².